The molecule has 1 atom stereocenters. The summed E-state index contributed by atoms with van der Waals surface area (Å²) >= 11 is 5.87. The van der Waals surface area contributed by atoms with E-state index in [1.54, 1.807) is 0 Å². The third-order valence-electron chi connectivity index (χ3n) is 3.17. The lowest BCUT2D eigenvalue weighted by Crippen LogP contribution is -2.20. The molecule has 0 fully saturated rings. The molecule has 0 spiro atoms. The fourth-order valence-electron chi connectivity index (χ4n) is 2.03. The van der Waals surface area contributed by atoms with E-state index in [-0.39, 0.29) is 5.41 Å². The van der Waals surface area contributed by atoms with E-state index in [9.17, 15) is 0 Å². The van der Waals surface area contributed by atoms with Crippen LogP contribution in [0.1, 0.15) is 44.4 Å². The summed E-state index contributed by atoms with van der Waals surface area (Å²) in [5.41, 5.74) is 2.95. The Morgan fingerprint density at radius 1 is 1.12 bits per heavy atom. The van der Waals surface area contributed by atoms with Crippen molar-refractivity contribution in [3.63, 3.8) is 0 Å². The van der Waals surface area contributed by atoms with Gasteiger partial charge in [0.2, 0.25) is 0 Å². The van der Waals surface area contributed by atoms with Crippen molar-refractivity contribution in [3.8, 4) is 0 Å². The van der Waals surface area contributed by atoms with Crippen LogP contribution in [0.15, 0.2) is 24.3 Å². The zero-order chi connectivity index (χ0) is 13.1. The Balaban J connectivity index is 2.92. The predicted molar refractivity (Wildman–Crippen MR) is 76.9 cm³/mol. The Morgan fingerprint density at radius 2 is 1.65 bits per heavy atom. The van der Waals surface area contributed by atoms with Gasteiger partial charge in [0, 0.05) is 11.9 Å². The molecular weight excluding hydrogens is 230 g/mol. The van der Waals surface area contributed by atoms with Gasteiger partial charge < -0.3 is 4.90 Å². The second-order valence-corrected chi connectivity index (χ2v) is 6.21. The number of halogens is 1. The number of hydrogen-bond acceptors (Lipinski definition) is 1. The molecule has 2 heteroatoms. The monoisotopic (exact) mass is 253 g/mol. The van der Waals surface area contributed by atoms with E-state index in [1.807, 2.05) is 0 Å². The average Bonchev–Trinajstić information content (AvgIpc) is 2.24. The second kappa shape index (κ2) is 5.88. The number of benzene rings is 1. The minimum Gasteiger partial charge on any atom is -0.302 e. The van der Waals surface area contributed by atoms with E-state index < -0.39 is 0 Å². The Kier molecular flexibility index (Phi) is 5.03. The highest BCUT2D eigenvalue weighted by molar-refractivity contribution is 6.17. The van der Waals surface area contributed by atoms with Gasteiger partial charge in [-0.05, 0) is 37.1 Å². The Morgan fingerprint density at radius 3 is 2.00 bits per heavy atom. The molecule has 0 bridgehead atoms. The van der Waals surface area contributed by atoms with Gasteiger partial charge in [-0.3, -0.25) is 0 Å². The van der Waals surface area contributed by atoms with Gasteiger partial charge >= 0.3 is 0 Å². The number of nitrogens with zero attached hydrogens (tertiary/aromatic N) is 1. The molecule has 0 saturated carbocycles. The molecule has 0 aliphatic rings. The van der Waals surface area contributed by atoms with Crippen LogP contribution in [0.5, 0.6) is 0 Å². The zero-order valence-corrected chi connectivity index (χ0v) is 12.4. The summed E-state index contributed by atoms with van der Waals surface area (Å²) in [5.74, 6) is 0.698. The van der Waals surface area contributed by atoms with Crippen LogP contribution < -0.4 is 0 Å². The first-order chi connectivity index (χ1) is 7.86. The minimum absolute atomic E-state index is 0.221. The predicted octanol–water partition coefficient (Wildman–Crippen LogP) is 4.22. The van der Waals surface area contributed by atoms with Crippen LogP contribution >= 0.6 is 11.6 Å². The third kappa shape index (κ3) is 4.01. The molecule has 0 aromatic heterocycles. The molecule has 0 N–H and O–H groups in total. The van der Waals surface area contributed by atoms with Crippen molar-refractivity contribution in [3.05, 3.63) is 35.4 Å². The fourth-order valence-corrected chi connectivity index (χ4v) is 2.24. The summed E-state index contributed by atoms with van der Waals surface area (Å²) in [6, 6.07) is 9.36. The Bertz CT molecular complexity index is 335. The van der Waals surface area contributed by atoms with E-state index in [2.05, 4.69) is 64.0 Å². The molecule has 1 rings (SSSR count). The molecule has 17 heavy (non-hydrogen) atoms. The summed E-state index contributed by atoms with van der Waals surface area (Å²) in [6.07, 6.45) is 0.990. The topological polar surface area (TPSA) is 3.24 Å². The van der Waals surface area contributed by atoms with Crippen molar-refractivity contribution in [1.29, 1.82) is 0 Å². The fraction of sp³-hybridized carbons (Fsp3) is 0.600. The molecule has 0 aliphatic heterocycles. The molecule has 1 unspecified atom stereocenters. The van der Waals surface area contributed by atoms with Crippen LogP contribution in [-0.4, -0.2) is 24.9 Å². The van der Waals surface area contributed by atoms with Gasteiger partial charge in [0.05, 0.1) is 0 Å². The summed E-state index contributed by atoms with van der Waals surface area (Å²) in [4.78, 5) is 2.23. The highest BCUT2D eigenvalue weighted by atomic mass is 35.5. The third-order valence-corrected chi connectivity index (χ3v) is 3.39. The van der Waals surface area contributed by atoms with Crippen LogP contribution in [0.2, 0.25) is 0 Å². The highest BCUT2D eigenvalue weighted by Crippen LogP contribution is 2.27. The lowest BCUT2D eigenvalue weighted by molar-refractivity contribution is 0.293. The maximum absolute atomic E-state index is 5.87. The maximum Gasteiger partial charge on any atom is 0.0353 e. The first-order valence-corrected chi connectivity index (χ1v) is 6.72. The molecule has 0 radical (unpaired) electrons. The van der Waals surface area contributed by atoms with Crippen LogP contribution in [0.3, 0.4) is 0 Å². The zero-order valence-electron chi connectivity index (χ0n) is 11.6. The quantitative estimate of drug-likeness (QED) is 0.727. The minimum atomic E-state index is 0.221. The van der Waals surface area contributed by atoms with Crippen LogP contribution in [-0.2, 0) is 5.41 Å². The van der Waals surface area contributed by atoms with Gasteiger partial charge in [-0.25, -0.2) is 0 Å². The van der Waals surface area contributed by atoms with Crippen molar-refractivity contribution >= 4 is 11.6 Å². The van der Waals surface area contributed by atoms with E-state index in [1.165, 1.54) is 11.1 Å². The summed E-state index contributed by atoms with van der Waals surface area (Å²) in [7, 11) is 4.21. The van der Waals surface area contributed by atoms with Gasteiger partial charge in [0.1, 0.15) is 0 Å². The van der Waals surface area contributed by atoms with Crippen LogP contribution in [0.25, 0.3) is 0 Å². The summed E-state index contributed by atoms with van der Waals surface area (Å²) < 4.78 is 0. The molecule has 1 aromatic carbocycles. The van der Waals surface area contributed by atoms with Gasteiger partial charge in [-0.1, -0.05) is 45.0 Å². The molecule has 96 valence electrons. The number of hydrogen-bond donors (Lipinski definition) is 0. The first-order valence-electron chi connectivity index (χ1n) is 6.19. The van der Waals surface area contributed by atoms with Crippen molar-refractivity contribution in [1.82, 2.24) is 4.90 Å². The molecule has 0 heterocycles. The highest BCUT2D eigenvalue weighted by Gasteiger charge is 2.16. The molecule has 1 nitrogen and oxygen atoms in total. The average molecular weight is 254 g/mol. The summed E-state index contributed by atoms with van der Waals surface area (Å²) in [6.45, 7) is 6.72. The van der Waals surface area contributed by atoms with Crippen LogP contribution in [0, 0.1) is 0 Å². The first kappa shape index (κ1) is 14.5. The Hall–Kier alpha value is -0.530. The molecule has 0 amide bonds. The van der Waals surface area contributed by atoms with E-state index in [0.717, 1.165) is 6.42 Å². The van der Waals surface area contributed by atoms with Crippen molar-refractivity contribution in [2.45, 2.75) is 38.6 Å². The molecule has 1 aromatic rings. The summed E-state index contributed by atoms with van der Waals surface area (Å²) in [5, 5.41) is 0. The number of alkyl halides is 1. The number of rotatable bonds is 4. The molecule has 0 saturated heterocycles. The van der Waals surface area contributed by atoms with Gasteiger partial charge in [0.25, 0.3) is 0 Å². The van der Waals surface area contributed by atoms with E-state index in [4.69, 9.17) is 11.6 Å². The molecule has 0 aliphatic carbocycles. The maximum atomic E-state index is 5.87. The van der Waals surface area contributed by atoms with E-state index >= 15 is 0 Å². The van der Waals surface area contributed by atoms with Crippen molar-refractivity contribution in [2.75, 3.05) is 20.0 Å². The van der Waals surface area contributed by atoms with E-state index in [0.29, 0.717) is 11.9 Å². The van der Waals surface area contributed by atoms with Gasteiger partial charge in [0.15, 0.2) is 0 Å². The molecular formula is C15H24ClN. The van der Waals surface area contributed by atoms with Gasteiger partial charge in [-0.2, -0.15) is 0 Å². The van der Waals surface area contributed by atoms with Crippen molar-refractivity contribution in [2.24, 2.45) is 0 Å². The standard InChI is InChI=1S/C15H24ClN/c1-15(2,3)13-8-6-12(7-9-13)14(10-11-16)17(4)5/h6-9,14H,10-11H2,1-5H3. The van der Waals surface area contributed by atoms with Crippen molar-refractivity contribution < 1.29 is 0 Å². The SMILES string of the molecule is CN(C)C(CCCl)c1ccc(C(C)(C)C)cc1. The largest absolute Gasteiger partial charge is 0.302 e. The lowest BCUT2D eigenvalue weighted by atomic mass is 9.86. The normalized spacial score (nSPS) is 14.1. The van der Waals surface area contributed by atoms with Gasteiger partial charge in [-0.15, -0.1) is 11.6 Å². The second-order valence-electron chi connectivity index (χ2n) is 5.83. The Labute approximate surface area is 111 Å². The smallest absolute Gasteiger partial charge is 0.0353 e. The van der Waals surface area contributed by atoms with Crippen LogP contribution in [0.4, 0.5) is 0 Å². The lowest BCUT2D eigenvalue weighted by Gasteiger charge is -2.25.